The molecule has 1 aliphatic heterocycles. The van der Waals surface area contributed by atoms with Gasteiger partial charge in [0.15, 0.2) is 0 Å². The molecule has 0 spiro atoms. The summed E-state index contributed by atoms with van der Waals surface area (Å²) in [4.78, 5) is 26.9. The van der Waals surface area contributed by atoms with Gasteiger partial charge >= 0.3 is 0 Å². The first-order valence-electron chi connectivity index (χ1n) is 10.6. The molecule has 0 radical (unpaired) electrons. The lowest BCUT2D eigenvalue weighted by molar-refractivity contribution is -0.128. The Morgan fingerprint density at radius 3 is 2.77 bits per heavy atom. The van der Waals surface area contributed by atoms with Crippen molar-refractivity contribution in [2.24, 2.45) is 0 Å². The van der Waals surface area contributed by atoms with Gasteiger partial charge in [0.05, 0.1) is 7.11 Å². The number of piperidine rings is 1. The predicted octanol–water partition coefficient (Wildman–Crippen LogP) is 2.98. The summed E-state index contributed by atoms with van der Waals surface area (Å²) in [6.07, 6.45) is 2.15. The quantitative estimate of drug-likeness (QED) is 0.713. The lowest BCUT2D eigenvalue weighted by Gasteiger charge is -2.36. The molecule has 166 valence electrons. The van der Waals surface area contributed by atoms with E-state index in [1.165, 1.54) is 19.1 Å². The zero-order valence-corrected chi connectivity index (χ0v) is 18.3. The molecule has 3 rings (SSSR count). The smallest absolute Gasteiger partial charge is 0.243 e. The number of halogens is 1. The summed E-state index contributed by atoms with van der Waals surface area (Å²) in [5.41, 5.74) is 2.76. The van der Waals surface area contributed by atoms with Gasteiger partial charge in [0.25, 0.3) is 0 Å². The number of aryl methyl sites for hydroxylation is 1. The van der Waals surface area contributed by atoms with Crippen molar-refractivity contribution in [1.29, 1.82) is 0 Å². The summed E-state index contributed by atoms with van der Waals surface area (Å²) >= 11 is 0. The highest BCUT2D eigenvalue weighted by Gasteiger charge is 2.27. The van der Waals surface area contributed by atoms with Crippen LogP contribution in [0, 0.1) is 12.7 Å². The van der Waals surface area contributed by atoms with Crippen molar-refractivity contribution < 1.29 is 18.7 Å². The van der Waals surface area contributed by atoms with Crippen LogP contribution in [0.2, 0.25) is 0 Å². The van der Waals surface area contributed by atoms with Crippen LogP contribution >= 0.6 is 0 Å². The fraction of sp³-hybridized carbons (Fsp3) is 0.417. The first-order valence-corrected chi connectivity index (χ1v) is 10.6. The van der Waals surface area contributed by atoms with E-state index < -0.39 is 6.04 Å². The summed E-state index contributed by atoms with van der Waals surface area (Å²) in [6.45, 7) is 4.80. The van der Waals surface area contributed by atoms with E-state index in [-0.39, 0.29) is 23.7 Å². The van der Waals surface area contributed by atoms with E-state index in [0.29, 0.717) is 18.7 Å². The Morgan fingerprint density at radius 2 is 2.06 bits per heavy atom. The number of carbonyl (C=O) groups is 2. The average Bonchev–Trinajstić information content (AvgIpc) is 2.73. The van der Waals surface area contributed by atoms with Crippen LogP contribution in [0.25, 0.3) is 0 Å². The number of carbonyl (C=O) groups excluding carboxylic acids is 2. The van der Waals surface area contributed by atoms with Gasteiger partial charge in [0, 0.05) is 38.2 Å². The number of hydrogen-bond acceptors (Lipinski definition) is 4. The zero-order valence-electron chi connectivity index (χ0n) is 18.3. The van der Waals surface area contributed by atoms with Gasteiger partial charge in [-0.25, -0.2) is 4.39 Å². The Hall–Kier alpha value is -3.09. The summed E-state index contributed by atoms with van der Waals surface area (Å²) in [5.74, 6) is -0.00757. The number of amides is 2. The summed E-state index contributed by atoms with van der Waals surface area (Å²) in [5, 5.41) is 5.87. The number of anilines is 1. The van der Waals surface area contributed by atoms with E-state index in [4.69, 9.17) is 4.74 Å². The van der Waals surface area contributed by atoms with Crippen molar-refractivity contribution in [2.75, 3.05) is 25.1 Å². The summed E-state index contributed by atoms with van der Waals surface area (Å²) < 4.78 is 18.7. The maximum atomic E-state index is 13.5. The number of methoxy groups -OCH3 is 1. The molecule has 1 fully saturated rings. The van der Waals surface area contributed by atoms with Crippen molar-refractivity contribution in [2.45, 2.75) is 45.2 Å². The van der Waals surface area contributed by atoms with Gasteiger partial charge < -0.3 is 20.3 Å². The van der Waals surface area contributed by atoms with Gasteiger partial charge in [-0.1, -0.05) is 12.1 Å². The topological polar surface area (TPSA) is 70.7 Å². The standard InChI is InChI=1S/C24H30FN3O3/c1-16-12-19(25)9-10-23(16)28-11-5-7-20(15-28)27-24(30)22(26-17(2)29)14-18-6-4-8-21(13-18)31-3/h4,6,8-10,12-13,20,22H,5,7,11,14-15H2,1-3H3,(H,26,29)(H,27,30). The van der Waals surface area contributed by atoms with E-state index in [0.717, 1.165) is 36.2 Å². The Kier molecular flexibility index (Phi) is 7.50. The normalized spacial score (nSPS) is 17.0. The van der Waals surface area contributed by atoms with Gasteiger partial charge in [0.1, 0.15) is 17.6 Å². The Morgan fingerprint density at radius 1 is 1.26 bits per heavy atom. The molecule has 2 atom stereocenters. The Balaban J connectivity index is 1.67. The maximum Gasteiger partial charge on any atom is 0.243 e. The van der Waals surface area contributed by atoms with E-state index in [9.17, 15) is 14.0 Å². The molecule has 1 saturated heterocycles. The number of benzene rings is 2. The third kappa shape index (κ3) is 6.20. The van der Waals surface area contributed by atoms with Crippen LogP contribution in [0.15, 0.2) is 42.5 Å². The van der Waals surface area contributed by atoms with Crippen LogP contribution in [0.1, 0.15) is 30.9 Å². The molecule has 1 heterocycles. The van der Waals surface area contributed by atoms with Crippen LogP contribution < -0.4 is 20.3 Å². The first kappa shape index (κ1) is 22.6. The number of nitrogens with zero attached hydrogens (tertiary/aromatic N) is 1. The first-order chi connectivity index (χ1) is 14.9. The van der Waals surface area contributed by atoms with Crippen molar-refractivity contribution in [1.82, 2.24) is 10.6 Å². The number of hydrogen-bond donors (Lipinski definition) is 2. The molecule has 0 saturated carbocycles. The van der Waals surface area contributed by atoms with Crippen molar-refractivity contribution in [3.63, 3.8) is 0 Å². The molecule has 6 nitrogen and oxygen atoms in total. The minimum absolute atomic E-state index is 0.0488. The van der Waals surface area contributed by atoms with E-state index in [2.05, 4.69) is 15.5 Å². The van der Waals surface area contributed by atoms with Gasteiger partial charge in [-0.05, 0) is 61.2 Å². The molecule has 0 bridgehead atoms. The van der Waals surface area contributed by atoms with Crippen molar-refractivity contribution in [3.8, 4) is 5.75 Å². The van der Waals surface area contributed by atoms with E-state index in [1.807, 2.05) is 31.2 Å². The SMILES string of the molecule is COc1cccc(CC(NC(C)=O)C(=O)NC2CCCN(c3ccc(F)cc3C)C2)c1. The lowest BCUT2D eigenvalue weighted by atomic mass is 10.0. The van der Waals surface area contributed by atoms with Crippen LogP contribution in [-0.2, 0) is 16.0 Å². The number of nitrogens with one attached hydrogen (secondary N) is 2. The van der Waals surface area contributed by atoms with Crippen LogP contribution in [0.5, 0.6) is 5.75 Å². The summed E-state index contributed by atoms with van der Waals surface area (Å²) in [7, 11) is 1.59. The highest BCUT2D eigenvalue weighted by molar-refractivity contribution is 5.87. The maximum absolute atomic E-state index is 13.5. The van der Waals surface area contributed by atoms with Crippen molar-refractivity contribution >= 4 is 17.5 Å². The molecule has 0 aliphatic carbocycles. The van der Waals surface area contributed by atoms with Crippen molar-refractivity contribution in [3.05, 3.63) is 59.4 Å². The molecular formula is C24H30FN3O3. The van der Waals surface area contributed by atoms with Gasteiger partial charge in [-0.3, -0.25) is 9.59 Å². The fourth-order valence-corrected chi connectivity index (χ4v) is 4.08. The third-order valence-corrected chi connectivity index (χ3v) is 5.54. The van der Waals surface area contributed by atoms with Gasteiger partial charge in [-0.2, -0.15) is 0 Å². The molecule has 2 unspecified atom stereocenters. The molecular weight excluding hydrogens is 397 g/mol. The molecule has 2 amide bonds. The van der Waals surface area contributed by atoms with Gasteiger partial charge in [0.2, 0.25) is 11.8 Å². The fourth-order valence-electron chi connectivity index (χ4n) is 4.08. The summed E-state index contributed by atoms with van der Waals surface area (Å²) in [6, 6.07) is 11.5. The second kappa shape index (κ2) is 10.3. The molecule has 1 aliphatic rings. The van der Waals surface area contributed by atoms with E-state index in [1.54, 1.807) is 13.2 Å². The number of rotatable bonds is 7. The monoisotopic (exact) mass is 427 g/mol. The Labute approximate surface area is 182 Å². The highest BCUT2D eigenvalue weighted by atomic mass is 19.1. The van der Waals surface area contributed by atoms with Gasteiger partial charge in [-0.15, -0.1) is 0 Å². The Bertz CT molecular complexity index is 934. The molecule has 7 heteroatoms. The minimum Gasteiger partial charge on any atom is -0.497 e. The number of ether oxygens (including phenoxy) is 1. The highest BCUT2D eigenvalue weighted by Crippen LogP contribution is 2.24. The van der Waals surface area contributed by atoms with Crippen LogP contribution in [0.3, 0.4) is 0 Å². The van der Waals surface area contributed by atoms with Crippen LogP contribution in [-0.4, -0.2) is 44.1 Å². The predicted molar refractivity (Wildman–Crippen MR) is 119 cm³/mol. The lowest BCUT2D eigenvalue weighted by Crippen LogP contribution is -2.54. The largest absolute Gasteiger partial charge is 0.497 e. The molecule has 2 aromatic carbocycles. The zero-order chi connectivity index (χ0) is 22.4. The molecule has 0 aromatic heterocycles. The van der Waals surface area contributed by atoms with Crippen LogP contribution in [0.4, 0.5) is 10.1 Å². The molecule has 31 heavy (non-hydrogen) atoms. The average molecular weight is 428 g/mol. The second-order valence-corrected chi connectivity index (χ2v) is 8.03. The molecule has 2 N–H and O–H groups in total. The minimum atomic E-state index is -0.674. The van der Waals surface area contributed by atoms with E-state index >= 15 is 0 Å². The second-order valence-electron chi connectivity index (χ2n) is 8.03. The third-order valence-electron chi connectivity index (χ3n) is 5.54. The molecule has 2 aromatic rings.